The van der Waals surface area contributed by atoms with Crippen molar-refractivity contribution in [1.82, 2.24) is 10.2 Å². The van der Waals surface area contributed by atoms with Crippen LogP contribution in [0.3, 0.4) is 0 Å². The van der Waals surface area contributed by atoms with Crippen molar-refractivity contribution in [1.29, 1.82) is 0 Å². The first-order valence-corrected chi connectivity index (χ1v) is 6.65. The Labute approximate surface area is 121 Å². The maximum Gasteiger partial charge on any atom is 0.257 e. The SMILES string of the molecule is Cc1cc(C(=O)N(CC(N)=O)C2CCNC2)c(F)cc1F. The van der Waals surface area contributed by atoms with Crippen LogP contribution in [0.5, 0.6) is 0 Å². The van der Waals surface area contributed by atoms with E-state index in [1.165, 1.54) is 11.8 Å². The van der Waals surface area contributed by atoms with Gasteiger partial charge in [0.25, 0.3) is 5.91 Å². The normalized spacial score (nSPS) is 17.8. The van der Waals surface area contributed by atoms with Crippen molar-refractivity contribution in [3.8, 4) is 0 Å². The maximum atomic E-state index is 13.8. The molecule has 2 amide bonds. The van der Waals surface area contributed by atoms with Gasteiger partial charge in [0.2, 0.25) is 5.91 Å². The van der Waals surface area contributed by atoms with Gasteiger partial charge in [0, 0.05) is 18.7 Å². The van der Waals surface area contributed by atoms with Crippen LogP contribution < -0.4 is 11.1 Å². The second-order valence-electron chi connectivity index (χ2n) is 5.13. The topological polar surface area (TPSA) is 75.4 Å². The third-order valence-electron chi connectivity index (χ3n) is 3.54. The molecule has 1 saturated heterocycles. The highest BCUT2D eigenvalue weighted by atomic mass is 19.1. The molecule has 0 aromatic heterocycles. The number of benzene rings is 1. The molecule has 1 aromatic rings. The smallest absolute Gasteiger partial charge is 0.257 e. The van der Waals surface area contributed by atoms with Crippen LogP contribution in [0.4, 0.5) is 8.78 Å². The molecule has 7 heteroatoms. The molecule has 0 saturated carbocycles. The Kier molecular flexibility index (Phi) is 4.52. The summed E-state index contributed by atoms with van der Waals surface area (Å²) < 4.78 is 27.1. The molecule has 0 radical (unpaired) electrons. The first kappa shape index (κ1) is 15.4. The Morgan fingerprint density at radius 2 is 2.10 bits per heavy atom. The van der Waals surface area contributed by atoms with E-state index in [1.807, 2.05) is 0 Å². The van der Waals surface area contributed by atoms with Crippen LogP contribution in [0.15, 0.2) is 12.1 Å². The summed E-state index contributed by atoms with van der Waals surface area (Å²) in [5, 5.41) is 3.07. The number of nitrogens with zero attached hydrogens (tertiary/aromatic N) is 1. The number of carbonyl (C=O) groups excluding carboxylic acids is 2. The molecule has 1 atom stereocenters. The number of carbonyl (C=O) groups is 2. The van der Waals surface area contributed by atoms with Crippen molar-refractivity contribution in [3.63, 3.8) is 0 Å². The molecule has 1 aromatic carbocycles. The van der Waals surface area contributed by atoms with Crippen molar-refractivity contribution in [2.24, 2.45) is 5.73 Å². The molecule has 1 unspecified atom stereocenters. The highest BCUT2D eigenvalue weighted by Crippen LogP contribution is 2.19. The molecule has 21 heavy (non-hydrogen) atoms. The van der Waals surface area contributed by atoms with Gasteiger partial charge in [-0.25, -0.2) is 8.78 Å². The third-order valence-corrected chi connectivity index (χ3v) is 3.54. The van der Waals surface area contributed by atoms with E-state index < -0.39 is 23.4 Å². The molecular weight excluding hydrogens is 280 g/mol. The Morgan fingerprint density at radius 3 is 2.67 bits per heavy atom. The van der Waals surface area contributed by atoms with E-state index in [4.69, 9.17) is 5.73 Å². The maximum absolute atomic E-state index is 13.8. The van der Waals surface area contributed by atoms with E-state index in [2.05, 4.69) is 5.32 Å². The number of aryl methyl sites for hydroxylation is 1. The van der Waals surface area contributed by atoms with E-state index in [1.54, 1.807) is 0 Å². The summed E-state index contributed by atoms with van der Waals surface area (Å²) in [5.41, 5.74) is 5.08. The number of nitrogens with two attached hydrogens (primary N) is 1. The fourth-order valence-corrected chi connectivity index (χ4v) is 2.42. The Morgan fingerprint density at radius 1 is 1.38 bits per heavy atom. The van der Waals surface area contributed by atoms with Gasteiger partial charge in [-0.15, -0.1) is 0 Å². The zero-order valence-corrected chi connectivity index (χ0v) is 11.7. The largest absolute Gasteiger partial charge is 0.368 e. The Hall–Kier alpha value is -2.02. The second-order valence-corrected chi connectivity index (χ2v) is 5.13. The van der Waals surface area contributed by atoms with Gasteiger partial charge in [-0.1, -0.05) is 0 Å². The van der Waals surface area contributed by atoms with E-state index in [0.717, 1.165) is 6.07 Å². The summed E-state index contributed by atoms with van der Waals surface area (Å²) in [6.45, 7) is 2.38. The van der Waals surface area contributed by atoms with Gasteiger partial charge in [-0.3, -0.25) is 9.59 Å². The molecule has 2 rings (SSSR count). The predicted molar refractivity (Wildman–Crippen MR) is 72.6 cm³/mol. The molecular formula is C14H17F2N3O2. The fourth-order valence-electron chi connectivity index (χ4n) is 2.42. The highest BCUT2D eigenvalue weighted by molar-refractivity contribution is 5.97. The van der Waals surface area contributed by atoms with Crippen molar-refractivity contribution in [2.75, 3.05) is 19.6 Å². The van der Waals surface area contributed by atoms with Crippen LogP contribution in [-0.2, 0) is 4.79 Å². The minimum absolute atomic E-state index is 0.170. The summed E-state index contributed by atoms with van der Waals surface area (Å²) in [6.07, 6.45) is 0.654. The number of primary amides is 1. The van der Waals surface area contributed by atoms with Gasteiger partial charge < -0.3 is 16.0 Å². The lowest BCUT2D eigenvalue weighted by atomic mass is 10.1. The third kappa shape index (κ3) is 3.36. The van der Waals surface area contributed by atoms with Crippen molar-refractivity contribution in [3.05, 3.63) is 34.9 Å². The van der Waals surface area contributed by atoms with Crippen molar-refractivity contribution >= 4 is 11.8 Å². The molecule has 1 aliphatic heterocycles. The van der Waals surface area contributed by atoms with E-state index in [9.17, 15) is 18.4 Å². The zero-order chi connectivity index (χ0) is 15.6. The fraction of sp³-hybridized carbons (Fsp3) is 0.429. The minimum atomic E-state index is -0.941. The number of hydrogen-bond donors (Lipinski definition) is 2. The van der Waals surface area contributed by atoms with Gasteiger partial charge in [-0.05, 0) is 31.5 Å². The van der Waals surface area contributed by atoms with E-state index in [0.29, 0.717) is 25.6 Å². The lowest BCUT2D eigenvalue weighted by molar-refractivity contribution is -0.119. The Balaban J connectivity index is 2.33. The molecule has 1 heterocycles. The van der Waals surface area contributed by atoms with Crippen LogP contribution in [0, 0.1) is 18.6 Å². The summed E-state index contributed by atoms with van der Waals surface area (Å²) in [5.74, 6) is -2.98. The average Bonchev–Trinajstić information content (AvgIpc) is 2.93. The number of halogens is 2. The summed E-state index contributed by atoms with van der Waals surface area (Å²) >= 11 is 0. The molecule has 0 aliphatic carbocycles. The first-order valence-electron chi connectivity index (χ1n) is 6.65. The minimum Gasteiger partial charge on any atom is -0.368 e. The monoisotopic (exact) mass is 297 g/mol. The Bertz CT molecular complexity index is 572. The number of rotatable bonds is 4. The van der Waals surface area contributed by atoms with Crippen molar-refractivity contribution in [2.45, 2.75) is 19.4 Å². The van der Waals surface area contributed by atoms with Crippen molar-refractivity contribution < 1.29 is 18.4 Å². The molecule has 1 aliphatic rings. The highest BCUT2D eigenvalue weighted by Gasteiger charge is 2.30. The van der Waals surface area contributed by atoms with Crippen LogP contribution in [0.1, 0.15) is 22.3 Å². The van der Waals surface area contributed by atoms with E-state index in [-0.39, 0.29) is 23.7 Å². The van der Waals surface area contributed by atoms with Gasteiger partial charge >= 0.3 is 0 Å². The van der Waals surface area contributed by atoms with Crippen LogP contribution in [0.25, 0.3) is 0 Å². The van der Waals surface area contributed by atoms with Crippen LogP contribution in [0.2, 0.25) is 0 Å². The summed E-state index contributed by atoms with van der Waals surface area (Å²) in [6, 6.07) is 1.61. The molecule has 0 bridgehead atoms. The molecule has 1 fully saturated rings. The molecule has 3 N–H and O–H groups in total. The number of nitrogens with one attached hydrogen (secondary N) is 1. The summed E-state index contributed by atoms with van der Waals surface area (Å²) in [7, 11) is 0. The van der Waals surface area contributed by atoms with Gasteiger partial charge in [-0.2, -0.15) is 0 Å². The van der Waals surface area contributed by atoms with Gasteiger partial charge in [0.15, 0.2) is 0 Å². The standard InChI is InChI=1S/C14H17F2N3O2/c1-8-4-10(12(16)5-11(8)15)14(21)19(7-13(17)20)9-2-3-18-6-9/h4-5,9,18H,2-3,6-7H2,1H3,(H2,17,20). The quantitative estimate of drug-likeness (QED) is 0.853. The second kappa shape index (κ2) is 6.17. The van der Waals surface area contributed by atoms with Gasteiger partial charge in [0.05, 0.1) is 12.1 Å². The zero-order valence-electron chi connectivity index (χ0n) is 11.7. The first-order chi connectivity index (χ1) is 9.90. The van der Waals surface area contributed by atoms with Gasteiger partial charge in [0.1, 0.15) is 11.6 Å². The lowest BCUT2D eigenvalue weighted by Gasteiger charge is -2.27. The number of hydrogen-bond acceptors (Lipinski definition) is 3. The average molecular weight is 297 g/mol. The summed E-state index contributed by atoms with van der Waals surface area (Å²) in [4.78, 5) is 24.9. The lowest BCUT2D eigenvalue weighted by Crippen LogP contribution is -2.46. The van der Waals surface area contributed by atoms with Crippen LogP contribution in [-0.4, -0.2) is 42.4 Å². The van der Waals surface area contributed by atoms with Crippen LogP contribution >= 0.6 is 0 Å². The molecule has 5 nitrogen and oxygen atoms in total. The molecule has 0 spiro atoms. The predicted octanol–water partition coefficient (Wildman–Crippen LogP) is 0.563. The number of amides is 2. The molecule has 114 valence electrons. The van der Waals surface area contributed by atoms with E-state index >= 15 is 0 Å².